The summed E-state index contributed by atoms with van der Waals surface area (Å²) in [7, 11) is -3.42. The van der Waals surface area contributed by atoms with Crippen LogP contribution >= 0.6 is 11.3 Å². The van der Waals surface area contributed by atoms with Crippen LogP contribution in [0.15, 0.2) is 53.5 Å². The molecule has 0 N–H and O–H groups in total. The van der Waals surface area contributed by atoms with Gasteiger partial charge in [0, 0.05) is 31.6 Å². The zero-order valence-electron chi connectivity index (χ0n) is 14.0. The number of anilines is 1. The lowest BCUT2D eigenvalue weighted by Crippen LogP contribution is -2.48. The van der Waals surface area contributed by atoms with E-state index in [4.69, 9.17) is 0 Å². The van der Waals surface area contributed by atoms with Crippen molar-refractivity contribution in [1.29, 1.82) is 0 Å². The van der Waals surface area contributed by atoms with Crippen molar-refractivity contribution >= 4 is 43.5 Å². The molecule has 1 fully saturated rings. The maximum absolute atomic E-state index is 12.6. The first-order valence-corrected chi connectivity index (χ1v) is 10.7. The van der Waals surface area contributed by atoms with Gasteiger partial charge in [-0.3, -0.25) is 0 Å². The molecule has 0 amide bonds. The van der Waals surface area contributed by atoms with Gasteiger partial charge in [0.25, 0.3) is 0 Å². The summed E-state index contributed by atoms with van der Waals surface area (Å²) in [6.07, 6.45) is 3.21. The van der Waals surface area contributed by atoms with Crippen molar-refractivity contribution in [2.24, 2.45) is 0 Å². The molecule has 1 aromatic carbocycles. The highest BCUT2D eigenvalue weighted by Crippen LogP contribution is 2.27. The lowest BCUT2D eigenvalue weighted by Gasteiger charge is -2.34. The van der Waals surface area contributed by atoms with E-state index < -0.39 is 10.0 Å². The van der Waals surface area contributed by atoms with E-state index in [2.05, 4.69) is 14.9 Å². The fourth-order valence-electron chi connectivity index (χ4n) is 3.00. The van der Waals surface area contributed by atoms with Crippen molar-refractivity contribution in [3.8, 4) is 0 Å². The van der Waals surface area contributed by atoms with Crippen LogP contribution in [0, 0.1) is 0 Å². The van der Waals surface area contributed by atoms with Crippen molar-refractivity contribution < 1.29 is 8.42 Å². The fourth-order valence-corrected chi connectivity index (χ4v) is 4.90. The second-order valence-corrected chi connectivity index (χ2v) is 8.69. The van der Waals surface area contributed by atoms with Gasteiger partial charge >= 0.3 is 0 Å². The maximum atomic E-state index is 12.6. The van der Waals surface area contributed by atoms with Crippen LogP contribution in [0.3, 0.4) is 0 Å². The molecule has 8 heteroatoms. The third kappa shape index (κ3) is 3.48. The lowest BCUT2D eigenvalue weighted by molar-refractivity contribution is 0.389. The van der Waals surface area contributed by atoms with Crippen molar-refractivity contribution in [2.45, 2.75) is 0 Å². The third-order valence-electron chi connectivity index (χ3n) is 4.37. The minimum Gasteiger partial charge on any atom is -0.353 e. The van der Waals surface area contributed by atoms with Crippen LogP contribution in [0.4, 0.5) is 5.82 Å². The molecule has 0 atom stereocenters. The molecule has 0 saturated carbocycles. The summed E-state index contributed by atoms with van der Waals surface area (Å²) < 4.78 is 26.7. The zero-order chi connectivity index (χ0) is 18.0. The van der Waals surface area contributed by atoms with Gasteiger partial charge in [-0.05, 0) is 23.1 Å². The Morgan fingerprint density at radius 1 is 1.00 bits per heavy atom. The summed E-state index contributed by atoms with van der Waals surface area (Å²) in [6.45, 7) is 2.11. The molecule has 1 aliphatic heterocycles. The van der Waals surface area contributed by atoms with Crippen LogP contribution in [0.5, 0.6) is 0 Å². The van der Waals surface area contributed by atoms with Gasteiger partial charge in [0.2, 0.25) is 10.0 Å². The summed E-state index contributed by atoms with van der Waals surface area (Å²) in [4.78, 5) is 11.8. The van der Waals surface area contributed by atoms with E-state index in [1.165, 1.54) is 9.71 Å². The van der Waals surface area contributed by atoms with Crippen LogP contribution < -0.4 is 4.90 Å². The molecule has 134 valence electrons. The summed E-state index contributed by atoms with van der Waals surface area (Å²) in [5.74, 6) is 0.883. The van der Waals surface area contributed by atoms with Gasteiger partial charge in [-0.1, -0.05) is 30.3 Å². The van der Waals surface area contributed by atoms with Crippen LogP contribution in [-0.2, 0) is 10.0 Å². The average molecular weight is 387 g/mol. The van der Waals surface area contributed by atoms with E-state index in [1.807, 2.05) is 41.8 Å². The average Bonchev–Trinajstić information content (AvgIpc) is 3.16. The van der Waals surface area contributed by atoms with E-state index in [9.17, 15) is 8.42 Å². The van der Waals surface area contributed by atoms with Gasteiger partial charge in [-0.15, -0.1) is 11.3 Å². The molecule has 0 spiro atoms. The quantitative estimate of drug-likeness (QED) is 0.690. The number of hydrogen-bond acceptors (Lipinski definition) is 6. The van der Waals surface area contributed by atoms with Gasteiger partial charge in [0.05, 0.1) is 5.39 Å². The highest BCUT2D eigenvalue weighted by molar-refractivity contribution is 7.92. The molecule has 0 radical (unpaired) electrons. The summed E-state index contributed by atoms with van der Waals surface area (Å²) in [5, 5.41) is 4.32. The van der Waals surface area contributed by atoms with Gasteiger partial charge in [0.1, 0.15) is 17.0 Å². The maximum Gasteiger partial charge on any atom is 0.236 e. The van der Waals surface area contributed by atoms with Gasteiger partial charge < -0.3 is 4.90 Å². The number of thiophene rings is 1. The summed E-state index contributed by atoms with van der Waals surface area (Å²) in [6, 6.07) is 11.5. The predicted molar refractivity (Wildman–Crippen MR) is 106 cm³/mol. The Morgan fingerprint density at radius 2 is 1.77 bits per heavy atom. The zero-order valence-corrected chi connectivity index (χ0v) is 15.7. The Balaban J connectivity index is 1.46. The number of benzene rings is 1. The molecule has 6 nitrogen and oxygen atoms in total. The first kappa shape index (κ1) is 17.1. The van der Waals surface area contributed by atoms with Crippen LogP contribution in [0.25, 0.3) is 16.3 Å². The summed E-state index contributed by atoms with van der Waals surface area (Å²) >= 11 is 1.58. The van der Waals surface area contributed by atoms with Crippen LogP contribution in [0.2, 0.25) is 0 Å². The van der Waals surface area contributed by atoms with Crippen molar-refractivity contribution in [2.75, 3.05) is 31.1 Å². The molecule has 0 bridgehead atoms. The Labute approximate surface area is 156 Å². The Morgan fingerprint density at radius 3 is 2.54 bits per heavy atom. The summed E-state index contributed by atoms with van der Waals surface area (Å²) in [5.41, 5.74) is 0.871. The molecule has 4 rings (SSSR count). The fraction of sp³-hybridized carbons (Fsp3) is 0.222. The van der Waals surface area contributed by atoms with E-state index in [-0.39, 0.29) is 0 Å². The van der Waals surface area contributed by atoms with E-state index in [1.54, 1.807) is 23.7 Å². The Bertz CT molecular complexity index is 1020. The van der Waals surface area contributed by atoms with Crippen LogP contribution in [0.1, 0.15) is 5.56 Å². The monoisotopic (exact) mass is 386 g/mol. The SMILES string of the molecule is O=S(=O)(/C=C/c1ccccc1)N1CCN(c2ncnc3sccc23)CC1. The lowest BCUT2D eigenvalue weighted by atomic mass is 10.2. The molecule has 0 unspecified atom stereocenters. The van der Waals surface area contributed by atoms with Crippen molar-refractivity contribution in [1.82, 2.24) is 14.3 Å². The second-order valence-electron chi connectivity index (χ2n) is 5.98. The molecule has 3 heterocycles. The van der Waals surface area contributed by atoms with Crippen LogP contribution in [-0.4, -0.2) is 48.9 Å². The first-order chi connectivity index (χ1) is 12.6. The Hall–Kier alpha value is -2.29. The predicted octanol–water partition coefficient (Wildman–Crippen LogP) is 2.81. The highest BCUT2D eigenvalue weighted by atomic mass is 32.2. The molecule has 26 heavy (non-hydrogen) atoms. The number of fused-ring (bicyclic) bond motifs is 1. The van der Waals surface area contributed by atoms with Gasteiger partial charge in [-0.2, -0.15) is 4.31 Å². The minimum absolute atomic E-state index is 0.442. The number of nitrogens with zero attached hydrogens (tertiary/aromatic N) is 4. The van der Waals surface area contributed by atoms with Gasteiger partial charge in [0.15, 0.2) is 0 Å². The molecular weight excluding hydrogens is 368 g/mol. The van der Waals surface area contributed by atoms with Crippen molar-refractivity contribution in [3.05, 3.63) is 59.1 Å². The van der Waals surface area contributed by atoms with E-state index >= 15 is 0 Å². The topological polar surface area (TPSA) is 66.4 Å². The van der Waals surface area contributed by atoms with Crippen molar-refractivity contribution in [3.63, 3.8) is 0 Å². The standard InChI is InChI=1S/C18H18N4O2S2/c23-26(24,13-7-15-4-2-1-3-5-15)22-10-8-21(9-11-22)17-16-6-12-25-18(16)20-14-19-17/h1-7,12-14H,8-11H2/b13-7+. The highest BCUT2D eigenvalue weighted by Gasteiger charge is 2.26. The number of piperazine rings is 1. The molecule has 2 aromatic heterocycles. The Kier molecular flexibility index (Phi) is 4.71. The number of rotatable bonds is 4. The second kappa shape index (κ2) is 7.14. The molecule has 3 aromatic rings. The minimum atomic E-state index is -3.42. The molecule has 0 aliphatic carbocycles. The third-order valence-corrected chi connectivity index (χ3v) is 6.76. The number of aromatic nitrogens is 2. The largest absolute Gasteiger partial charge is 0.353 e. The normalized spacial score (nSPS) is 16.5. The number of hydrogen-bond donors (Lipinski definition) is 0. The van der Waals surface area contributed by atoms with E-state index in [0.717, 1.165) is 21.6 Å². The van der Waals surface area contributed by atoms with E-state index in [0.29, 0.717) is 26.2 Å². The molecule has 1 saturated heterocycles. The molecule has 1 aliphatic rings. The smallest absolute Gasteiger partial charge is 0.236 e. The first-order valence-electron chi connectivity index (χ1n) is 8.30. The molecular formula is C18H18N4O2S2. The number of sulfonamides is 1. The van der Waals surface area contributed by atoms with Gasteiger partial charge in [-0.25, -0.2) is 18.4 Å².